The molecule has 0 N–H and O–H groups in total. The highest BCUT2D eigenvalue weighted by molar-refractivity contribution is 7.89. The Morgan fingerprint density at radius 2 is 1.40 bits per heavy atom. The van der Waals surface area contributed by atoms with Gasteiger partial charge in [-0.15, -0.1) is 0 Å². The Morgan fingerprint density at radius 3 is 2.07 bits per heavy atom. The van der Waals surface area contributed by atoms with E-state index >= 15 is 0 Å². The van der Waals surface area contributed by atoms with Crippen molar-refractivity contribution in [3.8, 4) is 11.1 Å². The van der Waals surface area contributed by atoms with Gasteiger partial charge in [-0.25, -0.2) is 8.42 Å². The van der Waals surface area contributed by atoms with Crippen molar-refractivity contribution in [2.45, 2.75) is 57.3 Å². The molecule has 2 aromatic rings. The summed E-state index contributed by atoms with van der Waals surface area (Å²) in [6.07, 6.45) is 6.76. The van der Waals surface area contributed by atoms with Gasteiger partial charge in [0, 0.05) is 19.6 Å². The van der Waals surface area contributed by atoms with Crippen LogP contribution >= 0.6 is 0 Å². The number of piperidine rings is 1. The fourth-order valence-corrected chi connectivity index (χ4v) is 5.81. The average molecular weight is 429 g/mol. The first-order chi connectivity index (χ1) is 14.6. The molecule has 2 aromatic carbocycles. The maximum absolute atomic E-state index is 13.0. The molecular formula is C25H36N2O2S. The van der Waals surface area contributed by atoms with Crippen LogP contribution in [0, 0.1) is 0 Å². The predicted octanol–water partition coefficient (Wildman–Crippen LogP) is 5.19. The summed E-state index contributed by atoms with van der Waals surface area (Å²) in [5.74, 6) is 0. The second-order valence-corrected chi connectivity index (χ2v) is 9.93. The average Bonchev–Trinajstić information content (AvgIpc) is 3.34. The molecule has 164 valence electrons. The summed E-state index contributed by atoms with van der Waals surface area (Å²) >= 11 is 0. The molecule has 0 aromatic heterocycles. The Labute approximate surface area is 183 Å². The van der Waals surface area contributed by atoms with Crippen molar-refractivity contribution in [3.63, 3.8) is 0 Å². The summed E-state index contributed by atoms with van der Waals surface area (Å²) in [6.45, 7) is 8.87. The van der Waals surface area contributed by atoms with E-state index in [1.54, 1.807) is 10.4 Å². The number of benzene rings is 2. The molecule has 2 aliphatic heterocycles. The van der Waals surface area contributed by atoms with Crippen molar-refractivity contribution in [1.82, 2.24) is 9.21 Å². The molecule has 0 amide bonds. The maximum atomic E-state index is 13.0. The number of nitrogens with zero attached hydrogens (tertiary/aromatic N) is 2. The summed E-state index contributed by atoms with van der Waals surface area (Å²) in [7, 11) is -3.39. The maximum Gasteiger partial charge on any atom is 0.243 e. The zero-order valence-corrected chi connectivity index (χ0v) is 19.3. The minimum atomic E-state index is -3.39. The summed E-state index contributed by atoms with van der Waals surface area (Å²) < 4.78 is 27.6. The van der Waals surface area contributed by atoms with E-state index in [1.165, 1.54) is 31.5 Å². The smallest absolute Gasteiger partial charge is 0.243 e. The SMILES string of the molecule is CC.O=S(=O)(c1cccc(-c2ccc(CCN3CCCC3)cc2)c1)N1CCCCC1. The summed E-state index contributed by atoms with van der Waals surface area (Å²) in [5.41, 5.74) is 3.37. The van der Waals surface area contributed by atoms with Crippen LogP contribution in [0.1, 0.15) is 51.5 Å². The highest BCUT2D eigenvalue weighted by atomic mass is 32.2. The highest BCUT2D eigenvalue weighted by Crippen LogP contribution is 2.26. The normalized spacial score (nSPS) is 18.1. The van der Waals surface area contributed by atoms with Gasteiger partial charge in [0.25, 0.3) is 0 Å². The van der Waals surface area contributed by atoms with Crippen molar-refractivity contribution in [2.24, 2.45) is 0 Å². The number of likely N-dealkylation sites (tertiary alicyclic amines) is 1. The Morgan fingerprint density at radius 1 is 0.767 bits per heavy atom. The third-order valence-corrected chi connectivity index (χ3v) is 7.88. The molecule has 2 heterocycles. The van der Waals surface area contributed by atoms with Crippen LogP contribution < -0.4 is 0 Å². The first-order valence-corrected chi connectivity index (χ1v) is 13.0. The minimum absolute atomic E-state index is 0.407. The molecule has 2 aliphatic rings. The van der Waals surface area contributed by atoms with E-state index < -0.39 is 10.0 Å². The lowest BCUT2D eigenvalue weighted by atomic mass is 10.0. The lowest BCUT2D eigenvalue weighted by Gasteiger charge is -2.26. The van der Waals surface area contributed by atoms with Crippen LogP contribution in [-0.2, 0) is 16.4 Å². The van der Waals surface area contributed by atoms with Gasteiger partial charge >= 0.3 is 0 Å². The number of hydrogen-bond acceptors (Lipinski definition) is 3. The van der Waals surface area contributed by atoms with Crippen LogP contribution in [0.2, 0.25) is 0 Å². The van der Waals surface area contributed by atoms with Crippen molar-refractivity contribution in [2.75, 3.05) is 32.7 Å². The molecule has 4 nitrogen and oxygen atoms in total. The molecule has 0 aliphatic carbocycles. The summed E-state index contributed by atoms with van der Waals surface area (Å²) in [4.78, 5) is 2.94. The summed E-state index contributed by atoms with van der Waals surface area (Å²) in [5, 5.41) is 0. The van der Waals surface area contributed by atoms with Gasteiger partial charge in [-0.05, 0) is 74.0 Å². The van der Waals surface area contributed by atoms with E-state index in [9.17, 15) is 8.42 Å². The van der Waals surface area contributed by atoms with Gasteiger partial charge in [-0.1, -0.05) is 56.7 Å². The molecule has 2 fully saturated rings. The van der Waals surface area contributed by atoms with Crippen molar-refractivity contribution in [1.29, 1.82) is 0 Å². The van der Waals surface area contributed by atoms with Crippen LogP contribution in [0.5, 0.6) is 0 Å². The quantitative estimate of drug-likeness (QED) is 0.635. The highest BCUT2D eigenvalue weighted by Gasteiger charge is 2.26. The molecule has 2 saturated heterocycles. The molecule has 30 heavy (non-hydrogen) atoms. The third-order valence-electron chi connectivity index (χ3n) is 5.99. The molecular weight excluding hydrogens is 392 g/mol. The fraction of sp³-hybridized carbons (Fsp3) is 0.520. The van der Waals surface area contributed by atoms with Gasteiger partial charge in [0.15, 0.2) is 0 Å². The number of rotatable bonds is 6. The van der Waals surface area contributed by atoms with E-state index in [2.05, 4.69) is 29.2 Å². The van der Waals surface area contributed by atoms with Gasteiger partial charge in [-0.3, -0.25) is 0 Å². The van der Waals surface area contributed by atoms with Crippen LogP contribution in [0.15, 0.2) is 53.4 Å². The third kappa shape index (κ3) is 5.71. The zero-order valence-electron chi connectivity index (χ0n) is 18.5. The van der Waals surface area contributed by atoms with E-state index in [1.807, 2.05) is 32.0 Å². The van der Waals surface area contributed by atoms with Crippen LogP contribution in [0.3, 0.4) is 0 Å². The largest absolute Gasteiger partial charge is 0.303 e. The van der Waals surface area contributed by atoms with Gasteiger partial charge in [-0.2, -0.15) is 4.31 Å². The first-order valence-electron chi connectivity index (χ1n) is 11.5. The number of hydrogen-bond donors (Lipinski definition) is 0. The minimum Gasteiger partial charge on any atom is -0.303 e. The molecule has 5 heteroatoms. The molecule has 0 spiro atoms. The van der Waals surface area contributed by atoms with Gasteiger partial charge < -0.3 is 4.90 Å². The Balaban J connectivity index is 0.00000124. The Kier molecular flexibility index (Phi) is 8.49. The number of sulfonamides is 1. The fourth-order valence-electron chi connectivity index (χ4n) is 4.25. The summed E-state index contributed by atoms with van der Waals surface area (Å²) in [6, 6.07) is 16.0. The van der Waals surface area contributed by atoms with Gasteiger partial charge in [0.1, 0.15) is 0 Å². The Bertz CT molecular complexity index is 882. The second kappa shape index (κ2) is 11.1. The Hall–Kier alpha value is -1.69. The lowest BCUT2D eigenvalue weighted by molar-refractivity contribution is 0.343. The van der Waals surface area contributed by atoms with E-state index in [0.717, 1.165) is 43.4 Å². The van der Waals surface area contributed by atoms with Crippen molar-refractivity contribution >= 4 is 10.0 Å². The molecule has 0 bridgehead atoms. The van der Waals surface area contributed by atoms with Crippen LogP contribution in [0.25, 0.3) is 11.1 Å². The van der Waals surface area contributed by atoms with Crippen LogP contribution in [-0.4, -0.2) is 50.3 Å². The van der Waals surface area contributed by atoms with Crippen molar-refractivity contribution < 1.29 is 8.42 Å². The van der Waals surface area contributed by atoms with Gasteiger partial charge in [0.05, 0.1) is 4.90 Å². The predicted molar refractivity (Wildman–Crippen MR) is 125 cm³/mol. The molecule has 0 atom stereocenters. The second-order valence-electron chi connectivity index (χ2n) is 7.99. The van der Waals surface area contributed by atoms with Crippen LogP contribution in [0.4, 0.5) is 0 Å². The molecule has 4 rings (SSSR count). The molecule has 0 saturated carbocycles. The molecule has 0 unspecified atom stereocenters. The zero-order chi connectivity index (χ0) is 21.4. The van der Waals surface area contributed by atoms with E-state index in [4.69, 9.17) is 0 Å². The van der Waals surface area contributed by atoms with E-state index in [-0.39, 0.29) is 0 Å². The van der Waals surface area contributed by atoms with E-state index in [0.29, 0.717) is 18.0 Å². The lowest BCUT2D eigenvalue weighted by Crippen LogP contribution is -2.35. The van der Waals surface area contributed by atoms with Gasteiger partial charge in [0.2, 0.25) is 10.0 Å². The first kappa shape index (κ1) is 23.0. The van der Waals surface area contributed by atoms with Crippen molar-refractivity contribution in [3.05, 3.63) is 54.1 Å². The topological polar surface area (TPSA) is 40.6 Å². The molecule has 0 radical (unpaired) electrons. The monoisotopic (exact) mass is 428 g/mol. The standard InChI is InChI=1S/C23H30N2O2S.C2H6/c26-28(27,25-16-2-1-3-17-25)23-8-6-7-22(19-23)21-11-9-20(10-12-21)13-18-24-14-4-5-15-24;1-2/h6-12,19H,1-5,13-18H2;1-2H3.